The van der Waals surface area contributed by atoms with E-state index in [9.17, 15) is 39.9 Å². The van der Waals surface area contributed by atoms with Gasteiger partial charge in [0.2, 0.25) is 11.8 Å². The number of nitrogens with two attached hydrogens (primary N) is 1. The van der Waals surface area contributed by atoms with Crippen molar-refractivity contribution in [1.82, 2.24) is 40.8 Å². The lowest BCUT2D eigenvalue weighted by Crippen LogP contribution is -2.48. The van der Waals surface area contributed by atoms with E-state index < -0.39 is 66.6 Å². The molecular weight excluding hydrogens is 1590 g/mol. The first-order valence-electron chi connectivity index (χ1n) is 42.5. The van der Waals surface area contributed by atoms with Gasteiger partial charge < -0.3 is 75.8 Å². The topological polar surface area (TPSA) is 324 Å². The quantitative estimate of drug-likeness (QED) is 0.0198. The number of cyclic esters (lactones) is 1. The predicted octanol–water partition coefficient (Wildman–Crippen LogP) is 11.5. The standard InChI is InChI=1S/2C34H37N3O5.C23H23NO4.C11H14N2O/c2*1-22-4-6-24(7-5-22)8-9-25-10-12-26(13-11-25)20-37-32(30(21-38)33(42-37)23(2)39)34(40)35-17-16-27-19-36-31-15-14-28(41-3)18-29(27)31;1-15-3-5-17(6-4-15)7-8-18-9-11-19(12-10-18)13-24-21-20(14-27-23(21)26)22(28-24)16(2)25;1-14-9-2-3-11-10(6-9)8(4-5-12)7-13-11/h2*4-7,10-15,18-19,23,30,32-33,36,38-39H,16-17,20-21H2,1-3H3,(H,35,40);3-6,9-12,16,20-22,25H,13-14H2,1-2H3;2-3,6-7,13H,4-5,12H2,1H3/t2*23-,30-,32-,33-;16-,20-,21-,22-;/m000./s1. The largest absolute Gasteiger partial charge is 0.497 e. The number of hydroxylamine groups is 6. The number of rotatable bonds is 24. The van der Waals surface area contributed by atoms with Gasteiger partial charge in [0.1, 0.15) is 53.7 Å². The lowest BCUT2D eigenvalue weighted by Gasteiger charge is -2.24. The van der Waals surface area contributed by atoms with Crippen LogP contribution in [0.4, 0.5) is 0 Å². The SMILES string of the molecule is COc1ccc2[nH]cc(CCN)c2c1.COc1ccc2[nH]cc(CCNC(=O)[C@@H]3[C@H](CO)[C@H]([C@H](C)O)ON3Cc3ccc(C#Cc4ccc(C)cc4)cc3)c2c1.COc1ccc2[nH]cc(CCNC(=O)[C@@H]3[C@H](CO)[C@H]([C@H](C)O)ON3Cc3ccc(C#Cc4ccc(C)cc4)cc3)c2c1.Cc1ccc(C#Cc2ccc(CN3O[C@@H]([C@H](C)O)[C@H]4COC(=O)[C@H]43)cc2)cc1. The molecule has 12 N–H and O–H groups in total. The van der Waals surface area contributed by atoms with Crippen molar-refractivity contribution in [1.29, 1.82) is 0 Å². The molecule has 0 spiro atoms. The summed E-state index contributed by atoms with van der Waals surface area (Å²) in [7, 11) is 4.95. The van der Waals surface area contributed by atoms with Crippen LogP contribution in [-0.2, 0) is 72.5 Å². The van der Waals surface area contributed by atoms with Gasteiger partial charge in [-0.15, -0.1) is 0 Å². The van der Waals surface area contributed by atoms with Crippen LogP contribution in [0.5, 0.6) is 17.2 Å². The molecule has 0 unspecified atom stereocenters. The average molecular weight is 1700 g/mol. The Morgan fingerprint density at radius 3 is 1.05 bits per heavy atom. The molecule has 0 saturated carbocycles. The number of ether oxygens (including phenoxy) is 4. The van der Waals surface area contributed by atoms with Crippen LogP contribution in [-0.4, -0.2) is 189 Å². The highest BCUT2D eigenvalue weighted by atomic mass is 16.7. The molecule has 0 bridgehead atoms. The van der Waals surface area contributed by atoms with Crippen LogP contribution in [0.25, 0.3) is 32.7 Å². The summed E-state index contributed by atoms with van der Waals surface area (Å²) in [6.45, 7) is 13.3. The monoisotopic (exact) mass is 1700 g/mol. The number of hydrogen-bond acceptors (Lipinski definition) is 19. The van der Waals surface area contributed by atoms with Gasteiger partial charge in [-0.3, -0.25) is 28.9 Å². The van der Waals surface area contributed by atoms with Gasteiger partial charge in [-0.25, -0.2) is 0 Å². The van der Waals surface area contributed by atoms with Crippen LogP contribution in [0, 0.1) is 74.0 Å². The van der Waals surface area contributed by atoms with Gasteiger partial charge in [0, 0.05) is 110 Å². The van der Waals surface area contributed by atoms with E-state index in [-0.39, 0.29) is 36.9 Å². The number of hydrogen-bond donors (Lipinski definition) is 11. The number of methoxy groups -OCH3 is 3. The number of H-pyrrole nitrogens is 3. The molecule has 9 aromatic carbocycles. The third-order valence-electron chi connectivity index (χ3n) is 23.0. The number of carbonyl (C=O) groups excluding carboxylic acids is 3. The molecule has 12 atom stereocenters. The Kier molecular flexibility index (Phi) is 31.5. The van der Waals surface area contributed by atoms with E-state index in [4.69, 9.17) is 39.2 Å². The molecule has 4 fully saturated rings. The molecule has 24 nitrogen and oxygen atoms in total. The summed E-state index contributed by atoms with van der Waals surface area (Å²) in [5, 5.41) is 65.2. The van der Waals surface area contributed by atoms with E-state index in [0.717, 1.165) is 112 Å². The number of amides is 2. The molecule has 0 aliphatic carbocycles. The third-order valence-corrected chi connectivity index (χ3v) is 23.0. The lowest BCUT2D eigenvalue weighted by molar-refractivity contribution is -0.202. The predicted molar refractivity (Wildman–Crippen MR) is 485 cm³/mol. The molecular formula is C102H111N9O15. The summed E-state index contributed by atoms with van der Waals surface area (Å²) >= 11 is 0. The van der Waals surface area contributed by atoms with Crippen molar-refractivity contribution in [3.63, 3.8) is 0 Å². The van der Waals surface area contributed by atoms with Crippen LogP contribution in [0.15, 0.2) is 219 Å². The fraction of sp³-hybridized carbons (Fsp3) is 0.324. The molecule has 0 radical (unpaired) electrons. The Morgan fingerprint density at radius 1 is 0.444 bits per heavy atom. The summed E-state index contributed by atoms with van der Waals surface area (Å²) in [5.41, 5.74) is 24.1. The third kappa shape index (κ3) is 23.2. The van der Waals surface area contributed by atoms with Crippen LogP contribution < -0.4 is 30.6 Å². The summed E-state index contributed by atoms with van der Waals surface area (Å²) < 4.78 is 21.1. The molecule has 654 valence electrons. The van der Waals surface area contributed by atoms with Crippen molar-refractivity contribution in [2.24, 2.45) is 23.5 Å². The van der Waals surface area contributed by atoms with E-state index >= 15 is 0 Å². The van der Waals surface area contributed by atoms with Gasteiger partial charge in [-0.05, 0) is 228 Å². The fourth-order valence-electron chi connectivity index (χ4n) is 16.1. The number of fused-ring (bicyclic) bond motifs is 4. The number of nitrogens with one attached hydrogen (secondary N) is 5. The summed E-state index contributed by atoms with van der Waals surface area (Å²) in [6.07, 6.45) is 3.81. The number of benzene rings is 9. The molecule has 12 aromatic rings. The van der Waals surface area contributed by atoms with E-state index in [0.29, 0.717) is 58.7 Å². The number of nitrogens with zero attached hydrogens (tertiary/aromatic N) is 3. The number of aryl methyl sites for hydroxylation is 3. The normalized spacial score (nSPS) is 19.6. The van der Waals surface area contributed by atoms with Gasteiger partial charge in [-0.2, -0.15) is 15.2 Å². The number of esters is 1. The molecule has 16 rings (SSSR count). The molecule has 2 amide bonds. The Morgan fingerprint density at radius 2 is 0.746 bits per heavy atom. The average Bonchev–Trinajstić information content (AvgIpc) is 1.62. The zero-order valence-corrected chi connectivity index (χ0v) is 72.4. The number of aliphatic hydroxyl groups is 5. The smallest absolute Gasteiger partial charge is 0.326 e. The second-order valence-corrected chi connectivity index (χ2v) is 32.2. The molecule has 126 heavy (non-hydrogen) atoms. The minimum absolute atomic E-state index is 0.132. The second-order valence-electron chi connectivity index (χ2n) is 32.2. The molecule has 7 heterocycles. The Hall–Kier alpha value is -12.4. The first-order chi connectivity index (χ1) is 61.1. The zero-order valence-electron chi connectivity index (χ0n) is 72.4. The Bertz CT molecular complexity index is 5600. The first kappa shape index (κ1) is 91.3. The molecule has 24 heteroatoms. The number of aromatic nitrogens is 3. The second kappa shape index (κ2) is 43.5. The first-order valence-corrected chi connectivity index (χ1v) is 42.5. The van der Waals surface area contributed by atoms with E-state index in [1.807, 2.05) is 233 Å². The highest BCUT2D eigenvalue weighted by molar-refractivity contribution is 5.87. The molecule has 4 aliphatic heterocycles. The van der Waals surface area contributed by atoms with Gasteiger partial charge in [0.25, 0.3) is 0 Å². The van der Waals surface area contributed by atoms with Gasteiger partial charge >= 0.3 is 5.97 Å². The highest BCUT2D eigenvalue weighted by Gasteiger charge is 2.55. The fourth-order valence-corrected chi connectivity index (χ4v) is 16.1. The van der Waals surface area contributed by atoms with Crippen LogP contribution >= 0.6 is 0 Å². The molecule has 3 aromatic heterocycles. The maximum atomic E-state index is 13.5. The molecule has 4 aliphatic rings. The zero-order chi connectivity index (χ0) is 88.9. The number of carbonyl (C=O) groups is 3. The van der Waals surface area contributed by atoms with Crippen molar-refractivity contribution in [2.45, 2.75) is 135 Å². The van der Waals surface area contributed by atoms with Crippen LogP contribution in [0.2, 0.25) is 0 Å². The van der Waals surface area contributed by atoms with Gasteiger partial charge in [0.05, 0.1) is 85.0 Å². The number of aliphatic hydroxyl groups excluding tert-OH is 5. The Balaban J connectivity index is 0.000000152. The summed E-state index contributed by atoms with van der Waals surface area (Å²) in [4.78, 5) is 66.8. The summed E-state index contributed by atoms with van der Waals surface area (Å²) in [5.74, 6) is 19.4. The van der Waals surface area contributed by atoms with Crippen molar-refractivity contribution >= 4 is 50.5 Å². The van der Waals surface area contributed by atoms with Gasteiger partial charge in [-0.1, -0.05) is 125 Å². The highest BCUT2D eigenvalue weighted by Crippen LogP contribution is 2.38. The van der Waals surface area contributed by atoms with Crippen LogP contribution in [0.3, 0.4) is 0 Å². The van der Waals surface area contributed by atoms with Crippen molar-refractivity contribution < 1.29 is 73.4 Å². The minimum Gasteiger partial charge on any atom is -0.497 e. The maximum Gasteiger partial charge on any atom is 0.326 e. The van der Waals surface area contributed by atoms with E-state index in [2.05, 4.69) is 68.0 Å². The lowest BCUT2D eigenvalue weighted by atomic mass is 9.92. The number of aromatic amines is 3. The minimum atomic E-state index is -0.858. The van der Waals surface area contributed by atoms with Gasteiger partial charge in [0.15, 0.2) is 0 Å². The van der Waals surface area contributed by atoms with Crippen molar-refractivity contribution in [3.8, 4) is 52.8 Å². The Labute approximate surface area is 735 Å². The van der Waals surface area contributed by atoms with Crippen molar-refractivity contribution in [2.75, 3.05) is 60.8 Å². The maximum absolute atomic E-state index is 13.5. The van der Waals surface area contributed by atoms with E-state index in [1.165, 1.54) is 27.6 Å². The van der Waals surface area contributed by atoms with Crippen LogP contribution in [0.1, 0.15) is 104 Å². The summed E-state index contributed by atoms with van der Waals surface area (Å²) in [6, 6.07) is 63.4. The molecule has 4 saturated heterocycles. The van der Waals surface area contributed by atoms with E-state index in [1.54, 1.807) is 57.3 Å². The van der Waals surface area contributed by atoms with Crippen molar-refractivity contribution in [3.05, 3.63) is 302 Å².